The van der Waals surface area contributed by atoms with Crippen LogP contribution in [0, 0.1) is 0 Å². The number of piperazine rings is 1. The zero-order chi connectivity index (χ0) is 12.3. The van der Waals surface area contributed by atoms with E-state index in [9.17, 15) is 4.79 Å². The summed E-state index contributed by atoms with van der Waals surface area (Å²) in [6.45, 7) is 3.60. The summed E-state index contributed by atoms with van der Waals surface area (Å²) in [7, 11) is 2.08. The fraction of sp³-hybridized carbons (Fsp3) is 0.462. The van der Waals surface area contributed by atoms with Gasteiger partial charge in [-0.25, -0.2) is 0 Å². The number of hydrogen-bond donors (Lipinski definition) is 0. The highest BCUT2D eigenvalue weighted by atomic mass is 35.5. The van der Waals surface area contributed by atoms with Crippen LogP contribution in [-0.4, -0.2) is 48.9 Å². The predicted molar refractivity (Wildman–Crippen MR) is 76.5 cm³/mol. The van der Waals surface area contributed by atoms with Gasteiger partial charge in [-0.1, -0.05) is 23.7 Å². The maximum atomic E-state index is 12.0. The van der Waals surface area contributed by atoms with E-state index in [1.165, 1.54) is 0 Å². The molecule has 1 aliphatic heterocycles. The molecule has 1 heterocycles. The van der Waals surface area contributed by atoms with E-state index >= 15 is 0 Å². The summed E-state index contributed by atoms with van der Waals surface area (Å²) in [5.41, 5.74) is 1.03. The molecule has 0 radical (unpaired) electrons. The van der Waals surface area contributed by atoms with Crippen LogP contribution in [0.1, 0.15) is 5.56 Å². The maximum absolute atomic E-state index is 12.0. The van der Waals surface area contributed by atoms with Gasteiger partial charge in [0.2, 0.25) is 5.91 Å². The summed E-state index contributed by atoms with van der Waals surface area (Å²) in [5, 5.41) is 0.709. The van der Waals surface area contributed by atoms with Crippen molar-refractivity contribution in [3.63, 3.8) is 0 Å². The Balaban J connectivity index is 0.00000162. The van der Waals surface area contributed by atoms with Crippen molar-refractivity contribution in [2.45, 2.75) is 6.42 Å². The monoisotopic (exact) mass is 288 g/mol. The number of rotatable bonds is 2. The molecule has 0 spiro atoms. The first-order valence-corrected chi connectivity index (χ1v) is 6.24. The smallest absolute Gasteiger partial charge is 0.227 e. The number of likely N-dealkylation sites (N-methyl/N-ethyl adjacent to an activating group) is 1. The zero-order valence-electron chi connectivity index (χ0n) is 10.4. The first-order valence-electron chi connectivity index (χ1n) is 5.86. The molecule has 5 heteroatoms. The maximum Gasteiger partial charge on any atom is 0.227 e. The number of nitrogens with zero attached hydrogens (tertiary/aromatic N) is 2. The third kappa shape index (κ3) is 4.16. The minimum Gasteiger partial charge on any atom is -0.340 e. The van der Waals surface area contributed by atoms with Crippen molar-refractivity contribution in [1.82, 2.24) is 9.80 Å². The fourth-order valence-electron chi connectivity index (χ4n) is 1.94. The Morgan fingerprint density at radius 3 is 2.28 bits per heavy atom. The van der Waals surface area contributed by atoms with Gasteiger partial charge in [-0.2, -0.15) is 0 Å². The third-order valence-electron chi connectivity index (χ3n) is 3.12. The highest BCUT2D eigenvalue weighted by Crippen LogP contribution is 2.11. The number of hydrogen-bond acceptors (Lipinski definition) is 2. The molecule has 1 aromatic rings. The lowest BCUT2D eigenvalue weighted by molar-refractivity contribution is -0.132. The largest absolute Gasteiger partial charge is 0.340 e. The number of carbonyl (C=O) groups excluding carboxylic acids is 1. The van der Waals surface area contributed by atoms with Gasteiger partial charge >= 0.3 is 0 Å². The van der Waals surface area contributed by atoms with Crippen molar-refractivity contribution >= 4 is 29.9 Å². The Labute approximate surface area is 119 Å². The van der Waals surface area contributed by atoms with Crippen LogP contribution in [0.4, 0.5) is 0 Å². The van der Waals surface area contributed by atoms with Gasteiger partial charge in [-0.05, 0) is 24.7 Å². The summed E-state index contributed by atoms with van der Waals surface area (Å²) in [6.07, 6.45) is 0.473. The second-order valence-corrected chi connectivity index (χ2v) is 4.92. The molecule has 2 rings (SSSR count). The van der Waals surface area contributed by atoms with Crippen LogP contribution < -0.4 is 0 Å². The van der Waals surface area contributed by atoms with Crippen molar-refractivity contribution in [3.05, 3.63) is 34.9 Å². The SMILES string of the molecule is CN1CCN(C(=O)Cc2ccc(Cl)cc2)CC1.Cl. The molecule has 0 atom stereocenters. The van der Waals surface area contributed by atoms with Crippen molar-refractivity contribution in [2.75, 3.05) is 33.2 Å². The lowest BCUT2D eigenvalue weighted by atomic mass is 10.1. The van der Waals surface area contributed by atoms with Crippen LogP contribution in [0.2, 0.25) is 5.02 Å². The predicted octanol–water partition coefficient (Wildman–Crippen LogP) is 2.08. The van der Waals surface area contributed by atoms with Gasteiger partial charge in [0.05, 0.1) is 6.42 Å². The lowest BCUT2D eigenvalue weighted by Gasteiger charge is -2.32. The highest BCUT2D eigenvalue weighted by molar-refractivity contribution is 6.30. The lowest BCUT2D eigenvalue weighted by Crippen LogP contribution is -2.47. The molecule has 1 aliphatic rings. The minimum absolute atomic E-state index is 0. The molecular formula is C13H18Cl2N2O. The zero-order valence-corrected chi connectivity index (χ0v) is 12.0. The van der Waals surface area contributed by atoms with Crippen molar-refractivity contribution in [2.24, 2.45) is 0 Å². The van der Waals surface area contributed by atoms with E-state index in [1.54, 1.807) is 0 Å². The molecule has 0 N–H and O–H groups in total. The molecule has 0 bridgehead atoms. The fourth-order valence-corrected chi connectivity index (χ4v) is 2.07. The Morgan fingerprint density at radius 2 is 1.72 bits per heavy atom. The highest BCUT2D eigenvalue weighted by Gasteiger charge is 2.18. The summed E-state index contributed by atoms with van der Waals surface area (Å²) < 4.78 is 0. The Kier molecular flexibility index (Phi) is 5.93. The first-order chi connectivity index (χ1) is 8.15. The molecule has 1 aromatic carbocycles. The second-order valence-electron chi connectivity index (χ2n) is 4.49. The van der Waals surface area contributed by atoms with E-state index in [0.717, 1.165) is 31.7 Å². The van der Waals surface area contributed by atoms with Gasteiger partial charge < -0.3 is 9.80 Å². The van der Waals surface area contributed by atoms with Gasteiger partial charge in [-0.3, -0.25) is 4.79 Å². The standard InChI is InChI=1S/C13H17ClN2O.ClH/c1-15-6-8-16(9-7-15)13(17)10-11-2-4-12(14)5-3-11;/h2-5H,6-10H2,1H3;1H. The van der Waals surface area contributed by atoms with Gasteiger partial charge in [0.25, 0.3) is 0 Å². The van der Waals surface area contributed by atoms with Crippen LogP contribution in [0.5, 0.6) is 0 Å². The number of benzene rings is 1. The van der Waals surface area contributed by atoms with Crippen LogP contribution in [0.15, 0.2) is 24.3 Å². The van der Waals surface area contributed by atoms with Gasteiger partial charge in [-0.15, -0.1) is 12.4 Å². The number of carbonyl (C=O) groups is 1. The molecule has 0 saturated carbocycles. The summed E-state index contributed by atoms with van der Waals surface area (Å²) in [4.78, 5) is 16.2. The van der Waals surface area contributed by atoms with E-state index in [-0.39, 0.29) is 18.3 Å². The van der Waals surface area contributed by atoms with Gasteiger partial charge in [0, 0.05) is 31.2 Å². The summed E-state index contributed by atoms with van der Waals surface area (Å²) in [5.74, 6) is 0.209. The molecule has 0 aromatic heterocycles. The average molecular weight is 289 g/mol. The van der Waals surface area contributed by atoms with E-state index in [2.05, 4.69) is 11.9 Å². The quantitative estimate of drug-likeness (QED) is 0.832. The number of halogens is 2. The van der Waals surface area contributed by atoms with Gasteiger partial charge in [0.1, 0.15) is 0 Å². The molecule has 0 unspecified atom stereocenters. The molecule has 0 aliphatic carbocycles. The van der Waals surface area contributed by atoms with Crippen LogP contribution in [0.3, 0.4) is 0 Å². The molecule has 3 nitrogen and oxygen atoms in total. The van der Waals surface area contributed by atoms with Crippen molar-refractivity contribution in [3.8, 4) is 0 Å². The molecule has 1 amide bonds. The van der Waals surface area contributed by atoms with E-state index in [0.29, 0.717) is 11.4 Å². The second kappa shape index (κ2) is 6.98. The normalized spacial score (nSPS) is 16.2. The Morgan fingerprint density at radius 1 is 1.17 bits per heavy atom. The van der Waals surface area contributed by atoms with Crippen LogP contribution >= 0.6 is 24.0 Å². The van der Waals surface area contributed by atoms with Crippen LogP contribution in [-0.2, 0) is 11.2 Å². The summed E-state index contributed by atoms with van der Waals surface area (Å²) in [6, 6.07) is 7.48. The van der Waals surface area contributed by atoms with Crippen molar-refractivity contribution in [1.29, 1.82) is 0 Å². The molecule has 1 fully saturated rings. The Hall–Kier alpha value is -0.770. The molecule has 1 saturated heterocycles. The average Bonchev–Trinajstić information content (AvgIpc) is 2.33. The van der Waals surface area contributed by atoms with E-state index in [1.807, 2.05) is 29.2 Å². The number of amides is 1. The van der Waals surface area contributed by atoms with Gasteiger partial charge in [0.15, 0.2) is 0 Å². The summed E-state index contributed by atoms with van der Waals surface area (Å²) >= 11 is 5.81. The minimum atomic E-state index is 0. The molecule has 100 valence electrons. The van der Waals surface area contributed by atoms with Crippen molar-refractivity contribution < 1.29 is 4.79 Å². The molecule has 18 heavy (non-hydrogen) atoms. The molecular weight excluding hydrogens is 271 g/mol. The van der Waals surface area contributed by atoms with Crippen LogP contribution in [0.25, 0.3) is 0 Å². The Bertz CT molecular complexity index is 386. The topological polar surface area (TPSA) is 23.6 Å². The third-order valence-corrected chi connectivity index (χ3v) is 3.38. The van der Waals surface area contributed by atoms with E-state index in [4.69, 9.17) is 11.6 Å². The van der Waals surface area contributed by atoms with E-state index < -0.39 is 0 Å². The first kappa shape index (κ1) is 15.3.